The Hall–Kier alpha value is -8.01. The van der Waals surface area contributed by atoms with Crippen molar-refractivity contribution < 1.29 is 0 Å². The van der Waals surface area contributed by atoms with E-state index in [4.69, 9.17) is 10.7 Å². The summed E-state index contributed by atoms with van der Waals surface area (Å²) >= 11 is 0. The van der Waals surface area contributed by atoms with Crippen molar-refractivity contribution in [3.63, 3.8) is 0 Å². The highest BCUT2D eigenvalue weighted by Gasteiger charge is 2.52. The van der Waals surface area contributed by atoms with Crippen molar-refractivity contribution in [2.24, 2.45) is 10.7 Å². The minimum absolute atomic E-state index is 0.175. The second kappa shape index (κ2) is 15.4. The van der Waals surface area contributed by atoms with E-state index in [0.29, 0.717) is 12.2 Å². The molecule has 3 heteroatoms. The lowest BCUT2D eigenvalue weighted by atomic mass is 9.63. The fourth-order valence-corrected chi connectivity index (χ4v) is 10.6. The minimum Gasteiger partial charge on any atom is -0.398 e. The van der Waals surface area contributed by atoms with E-state index in [-0.39, 0.29) is 6.04 Å². The van der Waals surface area contributed by atoms with Crippen LogP contribution in [0.3, 0.4) is 0 Å². The molecule has 0 saturated heterocycles. The Labute approximate surface area is 374 Å². The molecule has 12 rings (SSSR count). The zero-order valence-corrected chi connectivity index (χ0v) is 35.4. The first-order valence-electron chi connectivity index (χ1n) is 22.3. The molecule has 1 spiro atoms. The fourth-order valence-electron chi connectivity index (χ4n) is 10.6. The van der Waals surface area contributed by atoms with E-state index in [9.17, 15) is 0 Å². The van der Waals surface area contributed by atoms with Crippen molar-refractivity contribution >= 4 is 44.3 Å². The first-order chi connectivity index (χ1) is 31.6. The molecule has 64 heavy (non-hydrogen) atoms. The molecule has 0 radical (unpaired) electrons. The molecule has 3 aliphatic rings. The highest BCUT2D eigenvalue weighted by Crippen LogP contribution is 2.64. The third-order valence-electron chi connectivity index (χ3n) is 13.6. The summed E-state index contributed by atoms with van der Waals surface area (Å²) in [5, 5.41) is 4.99. The Bertz CT molecular complexity index is 3300. The van der Waals surface area contributed by atoms with Crippen molar-refractivity contribution in [1.29, 1.82) is 0 Å². The van der Waals surface area contributed by atoms with E-state index >= 15 is 0 Å². The zero-order valence-electron chi connectivity index (χ0n) is 35.4. The quantitative estimate of drug-likeness (QED) is 0.163. The fraction of sp³-hybridized carbons (Fsp3) is 0.0656. The molecule has 0 amide bonds. The van der Waals surface area contributed by atoms with Crippen molar-refractivity contribution in [2.45, 2.75) is 24.4 Å². The monoisotopic (exact) mass is 819 g/mol. The van der Waals surface area contributed by atoms with Gasteiger partial charge in [0.1, 0.15) is 0 Å². The molecule has 304 valence electrons. The maximum absolute atomic E-state index is 6.62. The van der Waals surface area contributed by atoms with Crippen LogP contribution in [0.25, 0.3) is 49.5 Å². The largest absolute Gasteiger partial charge is 0.398 e. The number of benzene rings is 9. The Kier molecular flexibility index (Phi) is 9.08. The third-order valence-corrected chi connectivity index (χ3v) is 13.6. The molecular weight excluding hydrogens is 775 g/mol. The Morgan fingerprint density at radius 3 is 1.73 bits per heavy atom. The summed E-state index contributed by atoms with van der Waals surface area (Å²) in [4.78, 5) is 7.77. The van der Waals surface area contributed by atoms with Crippen LogP contribution in [-0.2, 0) is 12.0 Å². The van der Waals surface area contributed by atoms with Crippen LogP contribution in [0, 0.1) is 0 Å². The van der Waals surface area contributed by atoms with Gasteiger partial charge in [-0.25, -0.2) is 0 Å². The summed E-state index contributed by atoms with van der Waals surface area (Å²) in [5.41, 5.74) is 23.5. The van der Waals surface area contributed by atoms with Gasteiger partial charge in [-0.2, -0.15) is 0 Å². The van der Waals surface area contributed by atoms with Crippen LogP contribution >= 0.6 is 0 Å². The van der Waals surface area contributed by atoms with Crippen LogP contribution < -0.4 is 10.6 Å². The molecule has 1 heterocycles. The van der Waals surface area contributed by atoms with E-state index < -0.39 is 5.41 Å². The summed E-state index contributed by atoms with van der Waals surface area (Å²) in [6, 6.07) is 73.4. The molecule has 1 unspecified atom stereocenters. The summed E-state index contributed by atoms with van der Waals surface area (Å²) in [6.07, 6.45) is 12.0. The van der Waals surface area contributed by atoms with Gasteiger partial charge in [0.05, 0.1) is 23.7 Å². The van der Waals surface area contributed by atoms with Gasteiger partial charge in [0.2, 0.25) is 0 Å². The van der Waals surface area contributed by atoms with Gasteiger partial charge in [0.25, 0.3) is 0 Å². The maximum Gasteiger partial charge on any atom is 0.0754 e. The predicted octanol–water partition coefficient (Wildman–Crippen LogP) is 14.3. The van der Waals surface area contributed by atoms with Crippen molar-refractivity contribution in [3.05, 3.63) is 270 Å². The van der Waals surface area contributed by atoms with Crippen LogP contribution in [-0.4, -0.2) is 11.8 Å². The maximum atomic E-state index is 6.62. The number of anilines is 2. The predicted molar refractivity (Wildman–Crippen MR) is 268 cm³/mol. The smallest absolute Gasteiger partial charge is 0.0754 e. The van der Waals surface area contributed by atoms with Crippen LogP contribution in [0.4, 0.5) is 11.4 Å². The molecule has 0 saturated carbocycles. The van der Waals surface area contributed by atoms with Gasteiger partial charge in [0, 0.05) is 17.1 Å². The van der Waals surface area contributed by atoms with Crippen LogP contribution in [0.15, 0.2) is 236 Å². The second-order valence-corrected chi connectivity index (χ2v) is 17.2. The normalized spacial score (nSPS) is 15.9. The van der Waals surface area contributed by atoms with Crippen molar-refractivity contribution in [2.75, 3.05) is 4.90 Å². The minimum atomic E-state index is -0.566. The lowest BCUT2D eigenvalue weighted by Gasteiger charge is -2.47. The molecule has 1 aliphatic heterocycles. The molecular formula is C61H45N3. The number of allylic oxidation sites excluding steroid dienone is 3. The van der Waals surface area contributed by atoms with Gasteiger partial charge in [-0.1, -0.05) is 194 Å². The standard InChI is InChI=1S/C61H45N3/c62-57(43-16-4-1-5-17-43)39-58(44-18-6-2-7-19-44)63-40-41-28-30-42(31-29-41)49-32-33-52-51-26-14-15-27-53(51)61(54(52)34-49)55-35-45-20-10-12-22-47(45)37-59(55)64(50-24-8-3-9-25-50)60-38-48-23-13-11-21-46(48)36-56(60)61/h1-24,26-39,50H,25,40,62H2/b57-39-,63-58?. The van der Waals surface area contributed by atoms with E-state index in [1.54, 1.807) is 0 Å². The van der Waals surface area contributed by atoms with Gasteiger partial charge >= 0.3 is 0 Å². The van der Waals surface area contributed by atoms with Gasteiger partial charge in [0.15, 0.2) is 0 Å². The number of aliphatic imine (C=N–C) groups is 1. The molecule has 0 fully saturated rings. The summed E-state index contributed by atoms with van der Waals surface area (Å²) in [5.74, 6) is 0. The number of hydrogen-bond acceptors (Lipinski definition) is 3. The summed E-state index contributed by atoms with van der Waals surface area (Å²) in [6.45, 7) is 0.531. The van der Waals surface area contributed by atoms with E-state index in [2.05, 4.69) is 181 Å². The number of fused-ring (bicyclic) bond motifs is 11. The van der Waals surface area contributed by atoms with Crippen molar-refractivity contribution in [3.8, 4) is 22.3 Å². The molecule has 0 bridgehead atoms. The summed E-state index contributed by atoms with van der Waals surface area (Å²) in [7, 11) is 0. The van der Waals surface area contributed by atoms with E-state index in [0.717, 1.165) is 28.8 Å². The van der Waals surface area contributed by atoms with Gasteiger partial charge < -0.3 is 10.6 Å². The summed E-state index contributed by atoms with van der Waals surface area (Å²) < 4.78 is 0. The van der Waals surface area contributed by atoms with Crippen LogP contribution in [0.5, 0.6) is 0 Å². The van der Waals surface area contributed by atoms with Crippen LogP contribution in [0.2, 0.25) is 0 Å². The topological polar surface area (TPSA) is 41.6 Å². The lowest BCUT2D eigenvalue weighted by molar-refractivity contribution is 0.703. The first-order valence-corrected chi connectivity index (χ1v) is 22.3. The average molecular weight is 820 g/mol. The molecule has 3 nitrogen and oxygen atoms in total. The van der Waals surface area contributed by atoms with Gasteiger partial charge in [-0.05, 0) is 126 Å². The number of hydrogen-bond donors (Lipinski definition) is 1. The SMILES string of the molecule is N/C(=C\C(=NCc1ccc(-c2ccc3c(c2)C2(c4ccccc4-3)c3cc4ccccc4cc3N(C3C=CC=CC3)c3cc4ccccc4cc32)cc1)c1ccccc1)c1ccccc1. The third kappa shape index (κ3) is 6.15. The highest BCUT2D eigenvalue weighted by molar-refractivity contribution is 6.12. The Balaban J connectivity index is 1.01. The molecule has 1 atom stereocenters. The highest BCUT2D eigenvalue weighted by atomic mass is 15.2. The number of nitrogens with zero attached hydrogens (tertiary/aromatic N) is 2. The van der Waals surface area contributed by atoms with E-state index in [1.165, 1.54) is 77.4 Å². The van der Waals surface area contributed by atoms with Gasteiger partial charge in [-0.3, -0.25) is 4.99 Å². The average Bonchev–Trinajstić information content (AvgIpc) is 3.65. The second-order valence-electron chi connectivity index (χ2n) is 17.2. The van der Waals surface area contributed by atoms with Gasteiger partial charge in [-0.15, -0.1) is 0 Å². The van der Waals surface area contributed by atoms with Crippen molar-refractivity contribution in [1.82, 2.24) is 0 Å². The molecule has 2 N–H and O–H groups in total. The molecule has 2 aliphatic carbocycles. The molecule has 0 aromatic heterocycles. The zero-order chi connectivity index (χ0) is 42.6. The first kappa shape index (κ1) is 37.7. The number of rotatable bonds is 7. The number of nitrogens with two attached hydrogens (primary N) is 1. The Morgan fingerprint density at radius 1 is 0.531 bits per heavy atom. The Morgan fingerprint density at radius 2 is 1.09 bits per heavy atom. The molecule has 9 aromatic rings. The van der Waals surface area contributed by atoms with E-state index in [1.807, 2.05) is 54.6 Å². The van der Waals surface area contributed by atoms with Crippen LogP contribution in [0.1, 0.15) is 45.4 Å². The molecule has 9 aromatic carbocycles. The lowest BCUT2D eigenvalue weighted by Crippen LogP contribution is -2.41.